The molecule has 0 aliphatic heterocycles. The molecule has 5 heteroatoms. The lowest BCUT2D eigenvalue weighted by molar-refractivity contribution is -0.119. The lowest BCUT2D eigenvalue weighted by Crippen LogP contribution is -2.20. The van der Waals surface area contributed by atoms with Crippen LogP contribution in [0.3, 0.4) is 0 Å². The summed E-state index contributed by atoms with van der Waals surface area (Å²) in [5.41, 5.74) is 2.17. The minimum absolute atomic E-state index is 0.307. The Balaban J connectivity index is 1.86. The Morgan fingerprint density at radius 1 is 1.14 bits per heavy atom. The molecule has 0 heterocycles. The summed E-state index contributed by atoms with van der Waals surface area (Å²) in [5, 5.41) is 2.68. The number of amides is 1. The predicted molar refractivity (Wildman–Crippen MR) is 89.3 cm³/mol. The van der Waals surface area contributed by atoms with E-state index in [0.29, 0.717) is 11.3 Å². The summed E-state index contributed by atoms with van der Waals surface area (Å²) in [4.78, 5) is 23.5. The first kappa shape index (κ1) is 15.5. The van der Waals surface area contributed by atoms with Gasteiger partial charge in [-0.15, -0.1) is 0 Å². The largest absolute Gasteiger partial charge is 0.452 e. The van der Waals surface area contributed by atoms with Gasteiger partial charge in [0.15, 0.2) is 6.61 Å². The van der Waals surface area contributed by atoms with Crippen molar-refractivity contribution in [2.45, 2.75) is 6.92 Å². The van der Waals surface area contributed by atoms with Crippen molar-refractivity contribution in [1.29, 1.82) is 0 Å². The number of carbonyl (C=O) groups is 2. The van der Waals surface area contributed by atoms with Crippen molar-refractivity contribution in [3.05, 3.63) is 63.2 Å². The molecule has 2 aromatic rings. The van der Waals surface area contributed by atoms with Crippen LogP contribution in [0.1, 0.15) is 15.9 Å². The third-order valence-electron chi connectivity index (χ3n) is 2.73. The number of carbonyl (C=O) groups excluding carboxylic acids is 2. The van der Waals surface area contributed by atoms with Crippen LogP contribution in [-0.2, 0) is 9.53 Å². The van der Waals surface area contributed by atoms with Crippen LogP contribution in [0, 0.1) is 10.5 Å². The van der Waals surface area contributed by atoms with E-state index in [-0.39, 0.29) is 12.5 Å². The summed E-state index contributed by atoms with van der Waals surface area (Å²) in [6.07, 6.45) is 0. The van der Waals surface area contributed by atoms with Crippen LogP contribution in [0.15, 0.2) is 48.5 Å². The van der Waals surface area contributed by atoms with E-state index in [9.17, 15) is 9.59 Å². The first-order valence-electron chi connectivity index (χ1n) is 6.34. The number of aryl methyl sites for hydroxylation is 1. The van der Waals surface area contributed by atoms with Gasteiger partial charge in [-0.1, -0.05) is 23.8 Å². The summed E-state index contributed by atoms with van der Waals surface area (Å²) in [5.74, 6) is -0.870. The second-order valence-electron chi connectivity index (χ2n) is 4.50. The Hall–Kier alpha value is -1.89. The lowest BCUT2D eigenvalue weighted by Gasteiger charge is -2.07. The summed E-state index contributed by atoms with van der Waals surface area (Å²) in [6, 6.07) is 14.4. The molecule has 21 heavy (non-hydrogen) atoms. The molecule has 0 atom stereocenters. The first-order chi connectivity index (χ1) is 10.0. The monoisotopic (exact) mass is 395 g/mol. The Morgan fingerprint density at radius 2 is 1.86 bits per heavy atom. The molecule has 0 saturated heterocycles. The van der Waals surface area contributed by atoms with E-state index in [1.54, 1.807) is 18.2 Å². The summed E-state index contributed by atoms with van der Waals surface area (Å²) >= 11 is 2.16. The van der Waals surface area contributed by atoms with Crippen molar-refractivity contribution in [1.82, 2.24) is 0 Å². The van der Waals surface area contributed by atoms with Crippen molar-refractivity contribution in [2.75, 3.05) is 11.9 Å². The SMILES string of the molecule is Cc1ccc(C(=O)OCC(=O)Nc2cccc(I)c2)cc1. The maximum absolute atomic E-state index is 11.8. The number of anilines is 1. The Labute approximate surface area is 136 Å². The van der Waals surface area contributed by atoms with Gasteiger partial charge in [-0.3, -0.25) is 4.79 Å². The van der Waals surface area contributed by atoms with Crippen LogP contribution in [0.25, 0.3) is 0 Å². The van der Waals surface area contributed by atoms with Gasteiger partial charge in [0.1, 0.15) is 0 Å². The minimum Gasteiger partial charge on any atom is -0.452 e. The van der Waals surface area contributed by atoms with Crippen molar-refractivity contribution < 1.29 is 14.3 Å². The molecular weight excluding hydrogens is 381 g/mol. The number of esters is 1. The molecule has 0 radical (unpaired) electrons. The maximum Gasteiger partial charge on any atom is 0.338 e. The molecular formula is C16H14INO3. The quantitative estimate of drug-likeness (QED) is 0.638. The number of hydrogen-bond donors (Lipinski definition) is 1. The number of halogens is 1. The van der Waals surface area contributed by atoms with E-state index >= 15 is 0 Å². The standard InChI is InChI=1S/C16H14INO3/c1-11-5-7-12(8-6-11)16(20)21-10-15(19)18-14-4-2-3-13(17)9-14/h2-9H,10H2,1H3,(H,18,19). The van der Waals surface area contributed by atoms with E-state index in [2.05, 4.69) is 27.9 Å². The fourth-order valence-electron chi connectivity index (χ4n) is 1.67. The molecule has 0 aromatic heterocycles. The zero-order valence-corrected chi connectivity index (χ0v) is 13.6. The van der Waals surface area contributed by atoms with E-state index in [0.717, 1.165) is 9.13 Å². The van der Waals surface area contributed by atoms with E-state index in [4.69, 9.17) is 4.74 Å². The highest BCUT2D eigenvalue weighted by Crippen LogP contribution is 2.12. The third-order valence-corrected chi connectivity index (χ3v) is 3.40. The van der Waals surface area contributed by atoms with Crippen LogP contribution in [0.2, 0.25) is 0 Å². The maximum atomic E-state index is 11.8. The van der Waals surface area contributed by atoms with Gasteiger partial charge in [0, 0.05) is 9.26 Å². The first-order valence-corrected chi connectivity index (χ1v) is 7.42. The summed E-state index contributed by atoms with van der Waals surface area (Å²) in [6.45, 7) is 1.63. The van der Waals surface area contributed by atoms with Gasteiger partial charge in [0.2, 0.25) is 0 Å². The van der Waals surface area contributed by atoms with Gasteiger partial charge in [-0.2, -0.15) is 0 Å². The summed E-state index contributed by atoms with van der Waals surface area (Å²) in [7, 11) is 0. The Bertz CT molecular complexity index is 653. The minimum atomic E-state index is -0.507. The molecule has 0 saturated carbocycles. The van der Waals surface area contributed by atoms with E-state index in [1.165, 1.54) is 0 Å². The van der Waals surface area contributed by atoms with Gasteiger partial charge in [-0.25, -0.2) is 4.79 Å². The molecule has 2 aromatic carbocycles. The van der Waals surface area contributed by atoms with Crippen molar-refractivity contribution in [3.63, 3.8) is 0 Å². The Kier molecular flexibility index (Phi) is 5.32. The molecule has 2 rings (SSSR count). The van der Waals surface area contributed by atoms with Gasteiger partial charge in [0.05, 0.1) is 5.56 Å². The molecule has 0 unspecified atom stereocenters. The van der Waals surface area contributed by atoms with Crippen LogP contribution in [0.5, 0.6) is 0 Å². The molecule has 108 valence electrons. The topological polar surface area (TPSA) is 55.4 Å². The van der Waals surface area contributed by atoms with Crippen LogP contribution in [-0.4, -0.2) is 18.5 Å². The van der Waals surface area contributed by atoms with Gasteiger partial charge in [-0.05, 0) is 59.8 Å². The average molecular weight is 395 g/mol. The molecule has 4 nitrogen and oxygen atoms in total. The number of hydrogen-bond acceptors (Lipinski definition) is 3. The average Bonchev–Trinajstić information content (AvgIpc) is 2.45. The van der Waals surface area contributed by atoms with Crippen LogP contribution < -0.4 is 5.32 Å². The zero-order chi connectivity index (χ0) is 15.2. The number of rotatable bonds is 4. The molecule has 0 aliphatic carbocycles. The highest BCUT2D eigenvalue weighted by molar-refractivity contribution is 14.1. The molecule has 0 spiro atoms. The van der Waals surface area contributed by atoms with E-state index in [1.807, 2.05) is 37.3 Å². The van der Waals surface area contributed by atoms with Crippen molar-refractivity contribution >= 4 is 40.2 Å². The fourth-order valence-corrected chi connectivity index (χ4v) is 2.21. The fraction of sp³-hybridized carbons (Fsp3) is 0.125. The second kappa shape index (κ2) is 7.21. The second-order valence-corrected chi connectivity index (χ2v) is 5.75. The molecule has 1 N–H and O–H groups in total. The number of ether oxygens (including phenoxy) is 1. The zero-order valence-electron chi connectivity index (χ0n) is 11.4. The van der Waals surface area contributed by atoms with E-state index < -0.39 is 5.97 Å². The lowest BCUT2D eigenvalue weighted by atomic mass is 10.1. The van der Waals surface area contributed by atoms with Gasteiger partial charge < -0.3 is 10.1 Å². The van der Waals surface area contributed by atoms with Crippen molar-refractivity contribution in [2.24, 2.45) is 0 Å². The third kappa shape index (κ3) is 4.86. The van der Waals surface area contributed by atoms with Crippen LogP contribution in [0.4, 0.5) is 5.69 Å². The summed E-state index contributed by atoms with van der Waals surface area (Å²) < 4.78 is 6.00. The highest BCUT2D eigenvalue weighted by Gasteiger charge is 2.10. The smallest absolute Gasteiger partial charge is 0.338 e. The van der Waals surface area contributed by atoms with Gasteiger partial charge >= 0.3 is 5.97 Å². The highest BCUT2D eigenvalue weighted by atomic mass is 127. The van der Waals surface area contributed by atoms with Crippen LogP contribution >= 0.6 is 22.6 Å². The molecule has 0 aliphatic rings. The number of nitrogens with one attached hydrogen (secondary N) is 1. The Morgan fingerprint density at radius 3 is 2.52 bits per heavy atom. The predicted octanol–water partition coefficient (Wildman–Crippen LogP) is 3.40. The molecule has 0 fully saturated rings. The number of benzene rings is 2. The molecule has 1 amide bonds. The normalized spacial score (nSPS) is 10.0. The van der Waals surface area contributed by atoms with Gasteiger partial charge in [0.25, 0.3) is 5.91 Å². The van der Waals surface area contributed by atoms with Crippen molar-refractivity contribution in [3.8, 4) is 0 Å². The molecule has 0 bridgehead atoms.